The number of amides is 1. The van der Waals surface area contributed by atoms with Gasteiger partial charge in [0, 0.05) is 31.0 Å². The van der Waals surface area contributed by atoms with Crippen molar-refractivity contribution < 1.29 is 17.6 Å². The van der Waals surface area contributed by atoms with Crippen molar-refractivity contribution in [1.82, 2.24) is 10.3 Å². The standard InChI is InChI=1S/C21H18FN3O3S/c22-18-5-1-2-7-20(18)29(27,28)25-13-10-16-17(4-3-6-19(16)25)21(26)24-14-15-8-11-23-12-9-15/h1-9,11-12H,10,13-14H2,(H,24,26). The van der Waals surface area contributed by atoms with Crippen LogP contribution in [0.4, 0.5) is 10.1 Å². The van der Waals surface area contributed by atoms with Crippen molar-refractivity contribution in [3.05, 3.63) is 89.5 Å². The van der Waals surface area contributed by atoms with Crippen molar-refractivity contribution >= 4 is 21.6 Å². The van der Waals surface area contributed by atoms with Crippen LogP contribution >= 0.6 is 0 Å². The van der Waals surface area contributed by atoms with Gasteiger partial charge in [0.05, 0.1) is 5.69 Å². The molecule has 0 radical (unpaired) electrons. The van der Waals surface area contributed by atoms with Crippen molar-refractivity contribution in [2.75, 3.05) is 10.8 Å². The van der Waals surface area contributed by atoms with Gasteiger partial charge in [-0.3, -0.25) is 14.1 Å². The van der Waals surface area contributed by atoms with Gasteiger partial charge in [-0.15, -0.1) is 0 Å². The lowest BCUT2D eigenvalue weighted by molar-refractivity contribution is 0.0950. The van der Waals surface area contributed by atoms with Crippen LogP contribution in [0.5, 0.6) is 0 Å². The molecule has 2 heterocycles. The molecule has 1 amide bonds. The van der Waals surface area contributed by atoms with E-state index in [-0.39, 0.29) is 17.3 Å². The maximum absolute atomic E-state index is 14.1. The molecule has 0 unspecified atom stereocenters. The predicted octanol–water partition coefficient (Wildman–Crippen LogP) is 2.90. The van der Waals surface area contributed by atoms with Crippen LogP contribution < -0.4 is 9.62 Å². The number of sulfonamides is 1. The third-order valence-electron chi connectivity index (χ3n) is 4.84. The lowest BCUT2D eigenvalue weighted by Gasteiger charge is -2.20. The van der Waals surface area contributed by atoms with Gasteiger partial charge in [0.25, 0.3) is 15.9 Å². The van der Waals surface area contributed by atoms with Crippen LogP contribution in [0.1, 0.15) is 21.5 Å². The molecule has 1 aliphatic heterocycles. The quantitative estimate of drug-likeness (QED) is 0.700. The van der Waals surface area contributed by atoms with E-state index in [0.717, 1.165) is 11.6 Å². The summed E-state index contributed by atoms with van der Waals surface area (Å²) < 4.78 is 41.3. The van der Waals surface area contributed by atoms with Crippen LogP contribution in [0.3, 0.4) is 0 Å². The van der Waals surface area contributed by atoms with E-state index < -0.39 is 15.8 Å². The van der Waals surface area contributed by atoms with Gasteiger partial charge < -0.3 is 5.32 Å². The fourth-order valence-electron chi connectivity index (χ4n) is 3.42. The fraction of sp³-hybridized carbons (Fsp3) is 0.143. The maximum Gasteiger partial charge on any atom is 0.267 e. The summed E-state index contributed by atoms with van der Waals surface area (Å²) in [5.74, 6) is -1.09. The van der Waals surface area contributed by atoms with Crippen LogP contribution in [0, 0.1) is 5.82 Å². The topological polar surface area (TPSA) is 79.4 Å². The Balaban J connectivity index is 1.62. The van der Waals surface area contributed by atoms with E-state index in [1.54, 1.807) is 42.7 Å². The number of nitrogens with zero attached hydrogens (tertiary/aromatic N) is 2. The summed E-state index contributed by atoms with van der Waals surface area (Å²) >= 11 is 0. The Bertz CT molecular complexity index is 1170. The maximum atomic E-state index is 14.1. The Hall–Kier alpha value is -3.26. The van der Waals surface area contributed by atoms with Crippen LogP contribution in [-0.4, -0.2) is 25.9 Å². The van der Waals surface area contributed by atoms with Gasteiger partial charge in [0.15, 0.2) is 0 Å². The molecule has 1 aromatic heterocycles. The van der Waals surface area contributed by atoms with E-state index in [2.05, 4.69) is 10.3 Å². The molecule has 0 bridgehead atoms. The van der Waals surface area contributed by atoms with Crippen molar-refractivity contribution in [3.63, 3.8) is 0 Å². The molecule has 1 N–H and O–H groups in total. The Labute approximate surface area is 168 Å². The second-order valence-electron chi connectivity index (χ2n) is 6.60. The number of hydrogen-bond acceptors (Lipinski definition) is 4. The number of hydrogen-bond donors (Lipinski definition) is 1. The molecule has 29 heavy (non-hydrogen) atoms. The van der Waals surface area contributed by atoms with Crippen LogP contribution in [0.2, 0.25) is 0 Å². The summed E-state index contributed by atoms with van der Waals surface area (Å²) in [5.41, 5.74) is 2.37. The van der Waals surface area contributed by atoms with Crippen LogP contribution in [0.15, 0.2) is 71.9 Å². The average Bonchev–Trinajstić information content (AvgIpc) is 3.18. The summed E-state index contributed by atoms with van der Waals surface area (Å²) in [7, 11) is -4.06. The van der Waals surface area contributed by atoms with E-state index in [4.69, 9.17) is 0 Å². The summed E-state index contributed by atoms with van der Waals surface area (Å²) in [6, 6.07) is 13.8. The highest BCUT2D eigenvalue weighted by Gasteiger charge is 2.34. The number of anilines is 1. The summed E-state index contributed by atoms with van der Waals surface area (Å²) in [5, 5.41) is 2.84. The van der Waals surface area contributed by atoms with Gasteiger partial charge in [-0.25, -0.2) is 12.8 Å². The zero-order chi connectivity index (χ0) is 20.4. The molecule has 0 aliphatic carbocycles. The van der Waals surface area contributed by atoms with E-state index in [1.807, 2.05) is 0 Å². The highest BCUT2D eigenvalue weighted by molar-refractivity contribution is 7.92. The normalized spacial score (nSPS) is 13.2. The molecule has 0 saturated carbocycles. The molecule has 4 rings (SSSR count). The molecule has 2 aromatic carbocycles. The van der Waals surface area contributed by atoms with Crippen molar-refractivity contribution in [3.8, 4) is 0 Å². The third kappa shape index (κ3) is 3.58. The Morgan fingerprint density at radius 3 is 2.59 bits per heavy atom. The van der Waals surface area contributed by atoms with Crippen LogP contribution in [0.25, 0.3) is 0 Å². The second-order valence-corrected chi connectivity index (χ2v) is 8.43. The Morgan fingerprint density at radius 1 is 1.07 bits per heavy atom. The number of rotatable bonds is 5. The number of fused-ring (bicyclic) bond motifs is 1. The largest absolute Gasteiger partial charge is 0.348 e. The number of pyridine rings is 1. The number of halogens is 1. The molecule has 8 heteroatoms. The summed E-state index contributed by atoms with van der Waals surface area (Å²) in [6.45, 7) is 0.489. The first kappa shape index (κ1) is 19.1. The molecule has 0 atom stereocenters. The number of aromatic nitrogens is 1. The molecule has 6 nitrogen and oxygen atoms in total. The van der Waals surface area contributed by atoms with Gasteiger partial charge in [-0.2, -0.15) is 0 Å². The van der Waals surface area contributed by atoms with Gasteiger partial charge in [-0.05, 0) is 53.9 Å². The SMILES string of the molecule is O=C(NCc1ccncc1)c1cccc2c1CCN2S(=O)(=O)c1ccccc1F. The minimum atomic E-state index is -4.06. The number of carbonyl (C=O) groups excluding carboxylic acids is 1. The molecule has 0 fully saturated rings. The number of nitrogens with one attached hydrogen (secondary N) is 1. The van der Waals surface area contributed by atoms with E-state index in [0.29, 0.717) is 29.8 Å². The van der Waals surface area contributed by atoms with Crippen LogP contribution in [-0.2, 0) is 23.0 Å². The van der Waals surface area contributed by atoms with Gasteiger partial charge in [0.2, 0.25) is 0 Å². The molecule has 3 aromatic rings. The average molecular weight is 411 g/mol. The Morgan fingerprint density at radius 2 is 1.83 bits per heavy atom. The molecular weight excluding hydrogens is 393 g/mol. The zero-order valence-corrected chi connectivity index (χ0v) is 16.2. The first-order valence-electron chi connectivity index (χ1n) is 9.05. The van der Waals surface area contributed by atoms with Gasteiger partial charge in [0.1, 0.15) is 10.7 Å². The highest BCUT2D eigenvalue weighted by atomic mass is 32.2. The second kappa shape index (κ2) is 7.63. The molecule has 0 saturated heterocycles. The fourth-order valence-corrected chi connectivity index (χ4v) is 4.98. The van der Waals surface area contributed by atoms with Crippen molar-refractivity contribution in [1.29, 1.82) is 0 Å². The predicted molar refractivity (Wildman–Crippen MR) is 106 cm³/mol. The molecular formula is C21H18FN3O3S. The monoisotopic (exact) mass is 411 g/mol. The summed E-state index contributed by atoms with van der Waals surface area (Å²) in [6.07, 6.45) is 3.67. The highest BCUT2D eigenvalue weighted by Crippen LogP contribution is 2.35. The minimum Gasteiger partial charge on any atom is -0.348 e. The third-order valence-corrected chi connectivity index (χ3v) is 6.68. The molecule has 1 aliphatic rings. The number of benzene rings is 2. The Kier molecular flexibility index (Phi) is 5.02. The van der Waals surface area contributed by atoms with Crippen molar-refractivity contribution in [2.24, 2.45) is 0 Å². The number of carbonyl (C=O) groups is 1. The first-order chi connectivity index (χ1) is 14.0. The van der Waals surface area contributed by atoms with Gasteiger partial charge >= 0.3 is 0 Å². The van der Waals surface area contributed by atoms with E-state index in [9.17, 15) is 17.6 Å². The molecule has 0 spiro atoms. The summed E-state index contributed by atoms with van der Waals surface area (Å²) in [4.78, 5) is 16.3. The van der Waals surface area contributed by atoms with E-state index >= 15 is 0 Å². The smallest absolute Gasteiger partial charge is 0.267 e. The zero-order valence-electron chi connectivity index (χ0n) is 15.4. The molecule has 148 valence electrons. The minimum absolute atomic E-state index is 0.153. The lowest BCUT2D eigenvalue weighted by atomic mass is 10.0. The first-order valence-corrected chi connectivity index (χ1v) is 10.5. The van der Waals surface area contributed by atoms with Gasteiger partial charge in [-0.1, -0.05) is 18.2 Å². The lowest BCUT2D eigenvalue weighted by Crippen LogP contribution is -2.29. The van der Waals surface area contributed by atoms with Crippen molar-refractivity contribution in [2.45, 2.75) is 17.9 Å². The van der Waals surface area contributed by atoms with E-state index in [1.165, 1.54) is 22.5 Å².